The van der Waals surface area contributed by atoms with E-state index in [0.717, 1.165) is 47.4 Å². The zero-order chi connectivity index (χ0) is 15.1. The summed E-state index contributed by atoms with van der Waals surface area (Å²) in [6.07, 6.45) is 1.88. The molecule has 1 heterocycles. The predicted molar refractivity (Wildman–Crippen MR) is 89.0 cm³/mol. The molecule has 0 aliphatic carbocycles. The summed E-state index contributed by atoms with van der Waals surface area (Å²) in [5.41, 5.74) is 1.13. The Morgan fingerprint density at radius 2 is 1.81 bits per heavy atom. The van der Waals surface area contributed by atoms with Gasteiger partial charge in [-0.05, 0) is 24.1 Å². The van der Waals surface area contributed by atoms with E-state index in [1.807, 2.05) is 30.3 Å². The molecule has 0 unspecified atom stereocenters. The molecule has 0 aliphatic heterocycles. The van der Waals surface area contributed by atoms with Gasteiger partial charge in [0.2, 0.25) is 0 Å². The molecule has 0 saturated heterocycles. The molecule has 0 saturated carbocycles. The lowest BCUT2D eigenvalue weighted by Crippen LogP contribution is -2.08. The third kappa shape index (κ3) is 4.90. The van der Waals surface area contributed by atoms with Crippen LogP contribution in [-0.2, 0) is 13.0 Å². The molecular weight excluding hydrogens is 284 g/mol. The van der Waals surface area contributed by atoms with Crippen LogP contribution in [0.15, 0.2) is 30.3 Å². The lowest BCUT2D eigenvalue weighted by atomic mass is 10.2. The number of anilines is 2. The molecule has 0 spiro atoms. The van der Waals surface area contributed by atoms with Crippen LogP contribution in [-0.4, -0.2) is 16.5 Å². The molecule has 0 fully saturated rings. The highest BCUT2D eigenvalue weighted by molar-refractivity contribution is 6.30. The minimum Gasteiger partial charge on any atom is -0.370 e. The fraction of sp³-hybridized carbons (Fsp3) is 0.375. The molecule has 4 nitrogen and oxygen atoms in total. The molecule has 112 valence electrons. The Labute approximate surface area is 131 Å². The van der Waals surface area contributed by atoms with Crippen LogP contribution in [0.1, 0.15) is 31.7 Å². The van der Waals surface area contributed by atoms with Crippen molar-refractivity contribution in [1.82, 2.24) is 9.97 Å². The zero-order valence-corrected chi connectivity index (χ0v) is 13.2. The van der Waals surface area contributed by atoms with Crippen LogP contribution in [0, 0.1) is 0 Å². The summed E-state index contributed by atoms with van der Waals surface area (Å²) in [7, 11) is 0. The number of aromatic nitrogens is 2. The van der Waals surface area contributed by atoms with Crippen molar-refractivity contribution in [3.63, 3.8) is 0 Å². The van der Waals surface area contributed by atoms with Crippen LogP contribution in [0.25, 0.3) is 0 Å². The van der Waals surface area contributed by atoms with E-state index in [2.05, 4.69) is 34.4 Å². The van der Waals surface area contributed by atoms with Gasteiger partial charge in [0.25, 0.3) is 0 Å². The smallest absolute Gasteiger partial charge is 0.132 e. The molecule has 0 atom stereocenters. The van der Waals surface area contributed by atoms with E-state index in [4.69, 9.17) is 11.6 Å². The quantitative estimate of drug-likeness (QED) is 0.807. The van der Waals surface area contributed by atoms with Crippen molar-refractivity contribution < 1.29 is 0 Å². The van der Waals surface area contributed by atoms with Gasteiger partial charge in [-0.3, -0.25) is 0 Å². The summed E-state index contributed by atoms with van der Waals surface area (Å²) in [4.78, 5) is 8.98. The molecule has 2 aromatic rings. The molecule has 0 radical (unpaired) electrons. The van der Waals surface area contributed by atoms with Gasteiger partial charge < -0.3 is 10.6 Å². The Morgan fingerprint density at radius 1 is 1.05 bits per heavy atom. The van der Waals surface area contributed by atoms with Gasteiger partial charge in [0.1, 0.15) is 17.5 Å². The monoisotopic (exact) mass is 304 g/mol. The summed E-state index contributed by atoms with van der Waals surface area (Å²) >= 11 is 5.99. The summed E-state index contributed by atoms with van der Waals surface area (Å²) in [6.45, 7) is 5.79. The maximum atomic E-state index is 5.99. The molecule has 21 heavy (non-hydrogen) atoms. The van der Waals surface area contributed by atoms with Crippen LogP contribution in [0.2, 0.25) is 5.02 Å². The van der Waals surface area contributed by atoms with Crippen molar-refractivity contribution in [2.45, 2.75) is 33.2 Å². The van der Waals surface area contributed by atoms with Crippen LogP contribution < -0.4 is 10.6 Å². The van der Waals surface area contributed by atoms with E-state index in [0.29, 0.717) is 6.54 Å². The number of halogens is 1. The molecule has 0 aliphatic rings. The van der Waals surface area contributed by atoms with Crippen molar-refractivity contribution >= 4 is 23.2 Å². The largest absolute Gasteiger partial charge is 0.370 e. The Morgan fingerprint density at radius 3 is 2.48 bits per heavy atom. The zero-order valence-electron chi connectivity index (χ0n) is 12.5. The van der Waals surface area contributed by atoms with Gasteiger partial charge in [-0.15, -0.1) is 0 Å². The van der Waals surface area contributed by atoms with E-state index >= 15 is 0 Å². The van der Waals surface area contributed by atoms with E-state index in [1.54, 1.807) is 0 Å². The number of aryl methyl sites for hydroxylation is 1. The molecule has 2 rings (SSSR count). The first-order valence-corrected chi connectivity index (χ1v) is 7.69. The number of hydrogen-bond acceptors (Lipinski definition) is 4. The Kier molecular flexibility index (Phi) is 5.81. The minimum absolute atomic E-state index is 0.688. The van der Waals surface area contributed by atoms with Crippen molar-refractivity contribution in [1.29, 1.82) is 0 Å². The van der Waals surface area contributed by atoms with E-state index < -0.39 is 0 Å². The van der Waals surface area contributed by atoms with Gasteiger partial charge in [-0.2, -0.15) is 0 Å². The number of rotatable bonds is 7. The van der Waals surface area contributed by atoms with Crippen molar-refractivity contribution in [3.8, 4) is 0 Å². The van der Waals surface area contributed by atoms with Gasteiger partial charge in [0.15, 0.2) is 0 Å². The fourth-order valence-electron chi connectivity index (χ4n) is 1.93. The number of benzene rings is 1. The summed E-state index contributed by atoms with van der Waals surface area (Å²) in [6, 6.07) is 9.76. The third-order valence-corrected chi connectivity index (χ3v) is 3.24. The number of nitrogens with zero attached hydrogens (tertiary/aromatic N) is 2. The van der Waals surface area contributed by atoms with Crippen LogP contribution in [0.4, 0.5) is 11.6 Å². The molecule has 1 aromatic carbocycles. The summed E-state index contributed by atoms with van der Waals surface area (Å²) < 4.78 is 0. The third-order valence-electron chi connectivity index (χ3n) is 3.01. The van der Waals surface area contributed by atoms with Crippen molar-refractivity contribution in [3.05, 3.63) is 46.7 Å². The van der Waals surface area contributed by atoms with Crippen LogP contribution in [0.3, 0.4) is 0 Å². The predicted octanol–water partition coefficient (Wildman–Crippen LogP) is 4.13. The fourth-order valence-corrected chi connectivity index (χ4v) is 2.14. The first-order valence-electron chi connectivity index (χ1n) is 7.31. The SMILES string of the molecule is CCCNc1cc(NCc2cccc(Cl)c2)nc(CC)n1. The molecule has 1 aromatic heterocycles. The molecule has 5 heteroatoms. The normalized spacial score (nSPS) is 10.4. The van der Waals surface area contributed by atoms with Gasteiger partial charge in [0.05, 0.1) is 0 Å². The Bertz CT molecular complexity index is 586. The topological polar surface area (TPSA) is 49.8 Å². The Hall–Kier alpha value is -1.81. The van der Waals surface area contributed by atoms with E-state index in [9.17, 15) is 0 Å². The van der Waals surface area contributed by atoms with Gasteiger partial charge in [-0.1, -0.05) is 37.6 Å². The second kappa shape index (κ2) is 7.84. The van der Waals surface area contributed by atoms with E-state index in [-0.39, 0.29) is 0 Å². The van der Waals surface area contributed by atoms with E-state index in [1.165, 1.54) is 0 Å². The van der Waals surface area contributed by atoms with Gasteiger partial charge in [0, 0.05) is 30.6 Å². The highest BCUT2D eigenvalue weighted by atomic mass is 35.5. The average Bonchev–Trinajstić information content (AvgIpc) is 2.51. The first kappa shape index (κ1) is 15.6. The van der Waals surface area contributed by atoms with Gasteiger partial charge >= 0.3 is 0 Å². The molecule has 0 amide bonds. The Balaban J connectivity index is 2.07. The second-order valence-electron chi connectivity index (χ2n) is 4.82. The van der Waals surface area contributed by atoms with Gasteiger partial charge in [-0.25, -0.2) is 9.97 Å². The maximum absolute atomic E-state index is 5.99. The van der Waals surface area contributed by atoms with Crippen molar-refractivity contribution in [2.24, 2.45) is 0 Å². The standard InChI is InChI=1S/C16H21ClN4/c1-3-8-18-15-10-16(21-14(4-2)20-15)19-11-12-6-5-7-13(17)9-12/h5-7,9-10H,3-4,8,11H2,1-2H3,(H2,18,19,20,21). The molecular formula is C16H21ClN4. The highest BCUT2D eigenvalue weighted by Gasteiger charge is 2.03. The summed E-state index contributed by atoms with van der Waals surface area (Å²) in [5.74, 6) is 2.54. The van der Waals surface area contributed by atoms with Crippen molar-refractivity contribution in [2.75, 3.05) is 17.2 Å². The maximum Gasteiger partial charge on any atom is 0.132 e. The lowest BCUT2D eigenvalue weighted by molar-refractivity contribution is 0.913. The molecule has 0 bridgehead atoms. The van der Waals surface area contributed by atoms with Crippen LogP contribution in [0.5, 0.6) is 0 Å². The van der Waals surface area contributed by atoms with Crippen LogP contribution >= 0.6 is 11.6 Å². The highest BCUT2D eigenvalue weighted by Crippen LogP contribution is 2.15. The first-order chi connectivity index (χ1) is 10.2. The number of hydrogen-bond donors (Lipinski definition) is 2. The minimum atomic E-state index is 0.688. The summed E-state index contributed by atoms with van der Waals surface area (Å²) in [5, 5.41) is 7.38. The number of nitrogens with one attached hydrogen (secondary N) is 2. The lowest BCUT2D eigenvalue weighted by Gasteiger charge is -2.10. The second-order valence-corrected chi connectivity index (χ2v) is 5.25. The average molecular weight is 305 g/mol. The molecule has 2 N–H and O–H groups in total.